The largest absolute Gasteiger partial charge is 0.493 e. The molecule has 4 rings (SSSR count). The van der Waals surface area contributed by atoms with Gasteiger partial charge in [-0.25, -0.2) is 4.98 Å². The number of para-hydroxylation sites is 2. The van der Waals surface area contributed by atoms with E-state index >= 15 is 0 Å². The molecule has 1 amide bonds. The Labute approximate surface area is 161 Å². The number of amides is 1. The van der Waals surface area contributed by atoms with Crippen molar-refractivity contribution in [3.63, 3.8) is 0 Å². The third kappa shape index (κ3) is 4.31. The van der Waals surface area contributed by atoms with Gasteiger partial charge < -0.3 is 19.2 Å². The van der Waals surface area contributed by atoms with E-state index < -0.39 is 0 Å². The number of thiazole rings is 1. The Bertz CT molecular complexity index is 929. The van der Waals surface area contributed by atoms with Crippen LogP contribution < -0.4 is 14.8 Å². The van der Waals surface area contributed by atoms with E-state index in [2.05, 4.69) is 10.3 Å². The molecule has 0 bridgehead atoms. The molecular weight excluding hydrogens is 364 g/mol. The summed E-state index contributed by atoms with van der Waals surface area (Å²) >= 11 is 1.67. The second kappa shape index (κ2) is 7.84. The van der Waals surface area contributed by atoms with Crippen LogP contribution in [0.1, 0.15) is 45.8 Å². The fraction of sp³-hybridized carbons (Fsp3) is 0.300. The maximum atomic E-state index is 12.3. The molecule has 0 saturated heterocycles. The van der Waals surface area contributed by atoms with Gasteiger partial charge in [0, 0.05) is 11.3 Å². The standard InChI is InChI=1S/C20H20N2O4S/c1-24-16-4-2-3-5-17(16)25-11-15-8-9-18(26-15)19(23)21-10-14-12-27-20(22-14)13-6-7-13/h2-5,8-9,12-13H,6-7,10-11H2,1H3,(H,21,23). The summed E-state index contributed by atoms with van der Waals surface area (Å²) in [5.74, 6) is 2.46. The van der Waals surface area contributed by atoms with Crippen LogP contribution in [0.5, 0.6) is 11.5 Å². The van der Waals surface area contributed by atoms with Crippen LogP contribution in [-0.2, 0) is 13.2 Å². The Morgan fingerprint density at radius 2 is 2.07 bits per heavy atom. The summed E-state index contributed by atoms with van der Waals surface area (Å²) in [4.78, 5) is 16.8. The number of furan rings is 1. The van der Waals surface area contributed by atoms with Gasteiger partial charge in [0.1, 0.15) is 12.4 Å². The third-order valence-corrected chi connectivity index (χ3v) is 5.31. The van der Waals surface area contributed by atoms with Crippen LogP contribution in [0.25, 0.3) is 0 Å². The lowest BCUT2D eigenvalue weighted by molar-refractivity contribution is 0.0918. The lowest BCUT2D eigenvalue weighted by Gasteiger charge is -2.08. The van der Waals surface area contributed by atoms with Crippen LogP contribution in [0.15, 0.2) is 46.2 Å². The van der Waals surface area contributed by atoms with Crippen LogP contribution in [0.4, 0.5) is 0 Å². The van der Waals surface area contributed by atoms with Crippen molar-refractivity contribution in [1.82, 2.24) is 10.3 Å². The highest BCUT2D eigenvalue weighted by molar-refractivity contribution is 7.09. The van der Waals surface area contributed by atoms with E-state index in [0.717, 1.165) is 5.69 Å². The van der Waals surface area contributed by atoms with Crippen LogP contribution in [0.3, 0.4) is 0 Å². The molecule has 1 N–H and O–H groups in total. The van der Waals surface area contributed by atoms with E-state index in [4.69, 9.17) is 13.9 Å². The summed E-state index contributed by atoms with van der Waals surface area (Å²) in [7, 11) is 1.59. The molecule has 1 fully saturated rings. The number of aromatic nitrogens is 1. The number of carbonyl (C=O) groups excluding carboxylic acids is 1. The second-order valence-corrected chi connectivity index (χ2v) is 7.23. The zero-order valence-electron chi connectivity index (χ0n) is 14.9. The Balaban J connectivity index is 1.30. The molecule has 2 aromatic heterocycles. The minimum Gasteiger partial charge on any atom is -0.493 e. The van der Waals surface area contributed by atoms with Gasteiger partial charge >= 0.3 is 0 Å². The highest BCUT2D eigenvalue weighted by Gasteiger charge is 2.26. The highest BCUT2D eigenvalue weighted by atomic mass is 32.1. The van der Waals surface area contributed by atoms with Crippen molar-refractivity contribution in [3.8, 4) is 11.5 Å². The molecule has 3 aromatic rings. The van der Waals surface area contributed by atoms with Crippen LogP contribution in [0.2, 0.25) is 0 Å². The Hall–Kier alpha value is -2.80. The van der Waals surface area contributed by atoms with E-state index in [1.54, 1.807) is 30.6 Å². The predicted molar refractivity (Wildman–Crippen MR) is 101 cm³/mol. The Morgan fingerprint density at radius 3 is 2.85 bits per heavy atom. The summed E-state index contributed by atoms with van der Waals surface area (Å²) in [6.07, 6.45) is 2.46. The predicted octanol–water partition coefficient (Wildman–Crippen LogP) is 4.13. The summed E-state index contributed by atoms with van der Waals surface area (Å²) < 4.78 is 16.5. The number of nitrogens with zero attached hydrogens (tertiary/aromatic N) is 1. The van der Waals surface area contributed by atoms with Gasteiger partial charge in [0.2, 0.25) is 0 Å². The molecule has 0 atom stereocenters. The lowest BCUT2D eigenvalue weighted by atomic mass is 10.3. The van der Waals surface area contributed by atoms with Crippen LogP contribution in [-0.4, -0.2) is 18.0 Å². The smallest absolute Gasteiger partial charge is 0.287 e. The molecule has 27 heavy (non-hydrogen) atoms. The van der Waals surface area contributed by atoms with Gasteiger partial charge in [-0.3, -0.25) is 4.79 Å². The molecule has 1 saturated carbocycles. The van der Waals surface area contributed by atoms with Crippen molar-refractivity contribution >= 4 is 17.2 Å². The number of ether oxygens (including phenoxy) is 2. The van der Waals surface area contributed by atoms with Gasteiger partial charge in [0.15, 0.2) is 17.3 Å². The number of methoxy groups -OCH3 is 1. The summed E-state index contributed by atoms with van der Waals surface area (Å²) in [6.45, 7) is 0.611. The van der Waals surface area contributed by atoms with Crippen LogP contribution in [0, 0.1) is 0 Å². The van der Waals surface area contributed by atoms with Crippen molar-refractivity contribution in [2.24, 2.45) is 0 Å². The molecule has 0 unspecified atom stereocenters. The molecule has 0 radical (unpaired) electrons. The number of rotatable bonds is 8. The first-order valence-electron chi connectivity index (χ1n) is 8.80. The quantitative estimate of drug-likeness (QED) is 0.632. The number of hydrogen-bond acceptors (Lipinski definition) is 6. The van der Waals surface area contributed by atoms with E-state index in [-0.39, 0.29) is 18.3 Å². The van der Waals surface area contributed by atoms with Crippen molar-refractivity contribution in [2.75, 3.05) is 7.11 Å². The van der Waals surface area contributed by atoms with E-state index in [0.29, 0.717) is 29.7 Å². The van der Waals surface area contributed by atoms with E-state index in [1.807, 2.05) is 29.6 Å². The van der Waals surface area contributed by atoms with Crippen molar-refractivity contribution in [3.05, 3.63) is 64.0 Å². The van der Waals surface area contributed by atoms with Gasteiger partial charge in [-0.2, -0.15) is 0 Å². The van der Waals surface area contributed by atoms with Gasteiger partial charge in [0.25, 0.3) is 5.91 Å². The first kappa shape index (κ1) is 17.6. The normalized spacial score (nSPS) is 13.4. The van der Waals surface area contributed by atoms with Gasteiger partial charge in [-0.15, -0.1) is 11.3 Å². The number of hydrogen-bond donors (Lipinski definition) is 1. The van der Waals surface area contributed by atoms with Crippen molar-refractivity contribution in [2.45, 2.75) is 31.9 Å². The monoisotopic (exact) mass is 384 g/mol. The number of nitrogens with one attached hydrogen (secondary N) is 1. The molecule has 140 valence electrons. The summed E-state index contributed by atoms with van der Waals surface area (Å²) in [5, 5.41) is 6.02. The van der Waals surface area contributed by atoms with Gasteiger partial charge in [-0.1, -0.05) is 12.1 Å². The molecule has 0 aliphatic heterocycles. The molecule has 7 heteroatoms. The average molecular weight is 384 g/mol. The molecule has 1 aliphatic carbocycles. The number of carbonyl (C=O) groups is 1. The number of benzene rings is 1. The molecular formula is C20H20N2O4S. The Morgan fingerprint density at radius 1 is 1.26 bits per heavy atom. The minimum atomic E-state index is -0.264. The van der Waals surface area contributed by atoms with Gasteiger partial charge in [0.05, 0.1) is 24.4 Å². The van der Waals surface area contributed by atoms with Crippen LogP contribution >= 0.6 is 11.3 Å². The maximum Gasteiger partial charge on any atom is 0.287 e. The molecule has 0 spiro atoms. The third-order valence-electron chi connectivity index (χ3n) is 4.25. The lowest BCUT2D eigenvalue weighted by Crippen LogP contribution is -2.22. The first-order valence-corrected chi connectivity index (χ1v) is 9.68. The fourth-order valence-corrected chi connectivity index (χ4v) is 3.63. The van der Waals surface area contributed by atoms with Crippen molar-refractivity contribution in [1.29, 1.82) is 0 Å². The second-order valence-electron chi connectivity index (χ2n) is 6.34. The highest BCUT2D eigenvalue weighted by Crippen LogP contribution is 2.41. The molecule has 6 nitrogen and oxygen atoms in total. The topological polar surface area (TPSA) is 73.6 Å². The fourth-order valence-electron chi connectivity index (χ4n) is 2.64. The minimum absolute atomic E-state index is 0.213. The van der Waals surface area contributed by atoms with Crippen molar-refractivity contribution < 1.29 is 18.7 Å². The molecule has 1 aromatic carbocycles. The summed E-state index contributed by atoms with van der Waals surface area (Å²) in [5.41, 5.74) is 0.890. The zero-order valence-corrected chi connectivity index (χ0v) is 15.8. The zero-order chi connectivity index (χ0) is 18.6. The SMILES string of the molecule is COc1ccccc1OCc1ccc(C(=O)NCc2csc(C3CC3)n2)o1. The first-order chi connectivity index (χ1) is 13.2. The molecule has 2 heterocycles. The summed E-state index contributed by atoms with van der Waals surface area (Å²) in [6, 6.07) is 10.8. The maximum absolute atomic E-state index is 12.3. The average Bonchev–Trinajstić information content (AvgIpc) is 3.25. The van der Waals surface area contributed by atoms with E-state index in [9.17, 15) is 4.79 Å². The Kier molecular flexibility index (Phi) is 5.11. The molecule has 1 aliphatic rings. The van der Waals surface area contributed by atoms with E-state index in [1.165, 1.54) is 17.8 Å². The van der Waals surface area contributed by atoms with Gasteiger partial charge in [-0.05, 0) is 37.1 Å².